The lowest BCUT2D eigenvalue weighted by Crippen LogP contribution is -2.37. The molecule has 33 heavy (non-hydrogen) atoms. The van der Waals surface area contributed by atoms with Crippen LogP contribution in [0.5, 0.6) is 0 Å². The summed E-state index contributed by atoms with van der Waals surface area (Å²) in [6.45, 7) is 1.72. The van der Waals surface area contributed by atoms with Crippen LogP contribution in [0.25, 0.3) is 11.2 Å². The van der Waals surface area contributed by atoms with Crippen molar-refractivity contribution in [3.63, 3.8) is 0 Å². The smallest absolute Gasteiger partial charge is 0.226 e. The van der Waals surface area contributed by atoms with Gasteiger partial charge in [-0.05, 0) is 36.1 Å². The molecular formula is C22H24ClN5O5. The van der Waals surface area contributed by atoms with Crippen molar-refractivity contribution in [2.45, 2.75) is 42.8 Å². The number of aliphatic hydroxyl groups is 3. The summed E-state index contributed by atoms with van der Waals surface area (Å²) >= 11 is 6.36. The van der Waals surface area contributed by atoms with Crippen molar-refractivity contribution < 1.29 is 24.8 Å². The number of halogens is 1. The number of nitrogens with zero attached hydrogens (tertiary/aromatic N) is 5. The van der Waals surface area contributed by atoms with Crippen LogP contribution in [-0.2, 0) is 14.9 Å². The summed E-state index contributed by atoms with van der Waals surface area (Å²) in [5.41, 5.74) is 3.17. The van der Waals surface area contributed by atoms with Gasteiger partial charge in [0, 0.05) is 30.9 Å². The first-order chi connectivity index (χ1) is 16.0. The SMILES string of the molecule is OC[C@H]1O[C@@H](n2cnc3c(N4CC5(CCOCC5)c5ccccc54)nc(Cl)nc32)C(O)C1O. The molecule has 0 radical (unpaired) electrons. The van der Waals surface area contributed by atoms with Crippen molar-refractivity contribution >= 4 is 34.3 Å². The summed E-state index contributed by atoms with van der Waals surface area (Å²) in [7, 11) is 0. The van der Waals surface area contributed by atoms with Crippen LogP contribution in [0.1, 0.15) is 24.6 Å². The molecule has 2 fully saturated rings. The number of ether oxygens (including phenoxy) is 2. The largest absolute Gasteiger partial charge is 0.394 e. The Balaban J connectivity index is 1.46. The van der Waals surface area contributed by atoms with E-state index in [-0.39, 0.29) is 10.7 Å². The number of hydrogen-bond donors (Lipinski definition) is 3. The second-order valence-electron chi connectivity index (χ2n) is 8.87. The van der Waals surface area contributed by atoms with Crippen molar-refractivity contribution in [3.05, 3.63) is 41.4 Å². The lowest BCUT2D eigenvalue weighted by atomic mass is 9.76. The molecule has 11 heteroatoms. The van der Waals surface area contributed by atoms with Crippen LogP contribution in [-0.4, -0.2) is 79.5 Å². The number of benzene rings is 1. The van der Waals surface area contributed by atoms with E-state index in [4.69, 9.17) is 21.1 Å². The maximum atomic E-state index is 10.5. The quantitative estimate of drug-likeness (QED) is 0.482. The van der Waals surface area contributed by atoms with E-state index in [0.29, 0.717) is 30.2 Å². The number of anilines is 2. The van der Waals surface area contributed by atoms with Gasteiger partial charge in [0.05, 0.1) is 12.9 Å². The Labute approximate surface area is 194 Å². The fourth-order valence-electron chi connectivity index (χ4n) is 5.37. The van der Waals surface area contributed by atoms with Crippen LogP contribution in [0.15, 0.2) is 30.6 Å². The van der Waals surface area contributed by atoms with Gasteiger partial charge in [-0.25, -0.2) is 4.98 Å². The minimum Gasteiger partial charge on any atom is -0.394 e. The molecule has 6 rings (SSSR count). The zero-order valence-corrected chi connectivity index (χ0v) is 18.5. The van der Waals surface area contributed by atoms with E-state index >= 15 is 0 Å². The molecule has 3 aliphatic rings. The topological polar surface area (TPSA) is 126 Å². The summed E-state index contributed by atoms with van der Waals surface area (Å²) in [6.07, 6.45) is -1.03. The molecule has 2 saturated heterocycles. The Morgan fingerprint density at radius 1 is 1.12 bits per heavy atom. The van der Waals surface area contributed by atoms with Crippen molar-refractivity contribution in [1.29, 1.82) is 0 Å². The van der Waals surface area contributed by atoms with Crippen LogP contribution in [0.3, 0.4) is 0 Å². The number of imidazole rings is 1. The molecule has 4 atom stereocenters. The fourth-order valence-corrected chi connectivity index (χ4v) is 5.53. The predicted molar refractivity (Wildman–Crippen MR) is 119 cm³/mol. The third-order valence-corrected chi connectivity index (χ3v) is 7.27. The normalized spacial score (nSPS) is 28.7. The van der Waals surface area contributed by atoms with Gasteiger partial charge in [-0.1, -0.05) is 18.2 Å². The summed E-state index contributed by atoms with van der Waals surface area (Å²) in [5, 5.41) is 30.2. The van der Waals surface area contributed by atoms with Gasteiger partial charge < -0.3 is 29.7 Å². The second-order valence-corrected chi connectivity index (χ2v) is 9.20. The molecule has 3 aromatic rings. The molecule has 3 aliphatic heterocycles. The number of aromatic nitrogens is 4. The second kappa shape index (κ2) is 7.86. The van der Waals surface area contributed by atoms with Gasteiger partial charge in [-0.2, -0.15) is 9.97 Å². The molecule has 2 aromatic heterocycles. The van der Waals surface area contributed by atoms with Crippen molar-refractivity contribution in [2.24, 2.45) is 0 Å². The Morgan fingerprint density at radius 3 is 2.67 bits per heavy atom. The number of aliphatic hydroxyl groups excluding tert-OH is 3. The van der Waals surface area contributed by atoms with Crippen LogP contribution in [0, 0.1) is 0 Å². The maximum Gasteiger partial charge on any atom is 0.226 e. The molecule has 1 aromatic carbocycles. The highest BCUT2D eigenvalue weighted by Crippen LogP contribution is 2.50. The monoisotopic (exact) mass is 473 g/mol. The minimum absolute atomic E-state index is 0.0373. The zero-order chi connectivity index (χ0) is 22.7. The highest BCUT2D eigenvalue weighted by atomic mass is 35.5. The number of fused-ring (bicyclic) bond motifs is 3. The molecule has 0 amide bonds. The van der Waals surface area contributed by atoms with E-state index in [0.717, 1.165) is 25.1 Å². The Bertz CT molecular complexity index is 1200. The highest BCUT2D eigenvalue weighted by Gasteiger charge is 2.46. The minimum atomic E-state index is -1.25. The first kappa shape index (κ1) is 21.2. The molecule has 2 unspecified atom stereocenters. The molecule has 5 heterocycles. The first-order valence-electron chi connectivity index (χ1n) is 11.0. The van der Waals surface area contributed by atoms with Crippen molar-refractivity contribution in [1.82, 2.24) is 19.5 Å². The summed E-state index contributed by atoms with van der Waals surface area (Å²) in [6, 6.07) is 8.29. The summed E-state index contributed by atoms with van der Waals surface area (Å²) in [4.78, 5) is 15.6. The molecule has 0 aliphatic carbocycles. The van der Waals surface area contributed by atoms with Gasteiger partial charge in [-0.15, -0.1) is 0 Å². The van der Waals surface area contributed by atoms with Crippen molar-refractivity contribution in [3.8, 4) is 0 Å². The molecule has 10 nitrogen and oxygen atoms in total. The summed E-state index contributed by atoms with van der Waals surface area (Å²) in [5.74, 6) is 0.575. The van der Waals surface area contributed by atoms with Gasteiger partial charge in [0.25, 0.3) is 0 Å². The third kappa shape index (κ3) is 3.17. The van der Waals surface area contributed by atoms with Gasteiger partial charge in [0.2, 0.25) is 5.28 Å². The number of hydrogen-bond acceptors (Lipinski definition) is 9. The zero-order valence-electron chi connectivity index (χ0n) is 17.7. The highest BCUT2D eigenvalue weighted by molar-refractivity contribution is 6.28. The van der Waals surface area contributed by atoms with Gasteiger partial charge in [0.15, 0.2) is 23.2 Å². The Kier molecular flexibility index (Phi) is 5.05. The van der Waals surface area contributed by atoms with E-state index in [1.165, 1.54) is 16.5 Å². The van der Waals surface area contributed by atoms with E-state index < -0.39 is 31.1 Å². The van der Waals surface area contributed by atoms with E-state index in [9.17, 15) is 15.3 Å². The summed E-state index contributed by atoms with van der Waals surface area (Å²) < 4.78 is 12.9. The standard InChI is InChI=1S/C22H24ClN5O5/c23-21-25-18(27-10-22(5-7-32-8-6-22)12-3-1-2-4-13(12)27)15-19(26-21)28(11-24-15)20-17(31)16(30)14(9-29)33-20/h1-4,11,14,16-17,20,29-31H,5-10H2/t14-,16?,17?,20-/m1/s1. The molecule has 1 spiro atoms. The number of para-hydroxylation sites is 1. The molecule has 0 saturated carbocycles. The fraction of sp³-hybridized carbons (Fsp3) is 0.500. The van der Waals surface area contributed by atoms with E-state index in [1.807, 2.05) is 6.07 Å². The first-order valence-corrected chi connectivity index (χ1v) is 11.4. The van der Waals surface area contributed by atoms with Gasteiger partial charge in [-0.3, -0.25) is 4.57 Å². The average molecular weight is 474 g/mol. The Hall–Kier alpha value is -2.34. The average Bonchev–Trinajstić information content (AvgIpc) is 3.47. The van der Waals surface area contributed by atoms with Gasteiger partial charge >= 0.3 is 0 Å². The van der Waals surface area contributed by atoms with Gasteiger partial charge in [0.1, 0.15) is 18.3 Å². The van der Waals surface area contributed by atoms with E-state index in [1.54, 1.807) is 0 Å². The number of rotatable bonds is 3. The van der Waals surface area contributed by atoms with Crippen LogP contribution >= 0.6 is 11.6 Å². The Morgan fingerprint density at radius 2 is 1.91 bits per heavy atom. The predicted octanol–water partition coefficient (Wildman–Crippen LogP) is 1.29. The van der Waals surface area contributed by atoms with Crippen molar-refractivity contribution in [2.75, 3.05) is 31.3 Å². The molecule has 174 valence electrons. The lowest BCUT2D eigenvalue weighted by molar-refractivity contribution is -0.0511. The van der Waals surface area contributed by atoms with E-state index in [2.05, 4.69) is 38.1 Å². The van der Waals surface area contributed by atoms with Crippen LogP contribution in [0.4, 0.5) is 11.5 Å². The molecular weight excluding hydrogens is 450 g/mol. The van der Waals surface area contributed by atoms with Crippen LogP contribution in [0.2, 0.25) is 5.28 Å². The van der Waals surface area contributed by atoms with Crippen LogP contribution < -0.4 is 4.90 Å². The molecule has 3 N–H and O–H groups in total. The third-order valence-electron chi connectivity index (χ3n) is 7.10. The lowest BCUT2D eigenvalue weighted by Gasteiger charge is -2.34. The molecule has 0 bridgehead atoms. The maximum absolute atomic E-state index is 10.5.